The van der Waals surface area contributed by atoms with Gasteiger partial charge in [0.25, 0.3) is 0 Å². The second-order valence-electron chi connectivity index (χ2n) is 7.24. The van der Waals surface area contributed by atoms with Crippen molar-refractivity contribution in [2.75, 3.05) is 20.3 Å². The minimum Gasteiger partial charge on any atom is -0.383 e. The van der Waals surface area contributed by atoms with E-state index in [9.17, 15) is 9.59 Å². The maximum atomic E-state index is 13.1. The first-order valence-corrected chi connectivity index (χ1v) is 10.2. The third kappa shape index (κ3) is 7.18. The monoisotopic (exact) mass is 416 g/mol. The van der Waals surface area contributed by atoms with E-state index in [1.807, 2.05) is 56.3 Å². The Kier molecular flexibility index (Phi) is 9.16. The molecule has 0 unspecified atom stereocenters. The van der Waals surface area contributed by atoms with Gasteiger partial charge in [-0.1, -0.05) is 67.9 Å². The lowest BCUT2D eigenvalue weighted by Crippen LogP contribution is -2.52. The zero-order valence-corrected chi connectivity index (χ0v) is 18.0. The first-order chi connectivity index (χ1) is 13.9. The quantitative estimate of drug-likeness (QED) is 0.601. The fourth-order valence-corrected chi connectivity index (χ4v) is 3.16. The van der Waals surface area contributed by atoms with E-state index >= 15 is 0 Å². The molecule has 0 bridgehead atoms. The van der Waals surface area contributed by atoms with Crippen LogP contribution in [-0.2, 0) is 27.3 Å². The molecule has 0 saturated carbocycles. The van der Waals surface area contributed by atoms with Crippen LogP contribution in [0.15, 0.2) is 54.6 Å². The molecule has 0 aliphatic rings. The molecule has 5 nitrogen and oxygen atoms in total. The van der Waals surface area contributed by atoms with Crippen LogP contribution in [0.3, 0.4) is 0 Å². The Bertz CT molecular complexity index is 778. The van der Waals surface area contributed by atoms with Gasteiger partial charge in [-0.15, -0.1) is 0 Å². The molecule has 2 aromatic carbocycles. The van der Waals surface area contributed by atoms with Gasteiger partial charge >= 0.3 is 0 Å². The van der Waals surface area contributed by atoms with E-state index in [2.05, 4.69) is 5.32 Å². The molecular formula is C23H29ClN2O3. The molecule has 2 aromatic rings. The standard InChI is InChI=1S/C23H29ClN2O3/c1-17(2)23(28)26(16-19-9-11-20(24)12-10-19)21(22(27)25-13-14-29-3)15-18-7-5-4-6-8-18/h4-12,17,21H,13-16H2,1-3H3,(H,25,27)/t21-/m1/s1. The number of carbonyl (C=O) groups is 2. The van der Waals surface area contributed by atoms with Crippen molar-refractivity contribution in [3.63, 3.8) is 0 Å². The molecule has 0 radical (unpaired) electrons. The van der Waals surface area contributed by atoms with Gasteiger partial charge in [-0.3, -0.25) is 9.59 Å². The zero-order valence-electron chi connectivity index (χ0n) is 17.2. The van der Waals surface area contributed by atoms with Crippen molar-refractivity contribution in [3.8, 4) is 0 Å². The predicted molar refractivity (Wildman–Crippen MR) is 116 cm³/mol. The molecule has 2 amide bonds. The summed E-state index contributed by atoms with van der Waals surface area (Å²) in [6.45, 7) is 4.84. The summed E-state index contributed by atoms with van der Waals surface area (Å²) in [5.74, 6) is -0.482. The number of rotatable bonds is 10. The number of methoxy groups -OCH3 is 1. The van der Waals surface area contributed by atoms with E-state index in [1.165, 1.54) is 0 Å². The Balaban J connectivity index is 2.33. The number of carbonyl (C=O) groups excluding carboxylic acids is 2. The highest BCUT2D eigenvalue weighted by Crippen LogP contribution is 2.18. The van der Waals surface area contributed by atoms with Crippen LogP contribution in [0.2, 0.25) is 5.02 Å². The molecule has 0 heterocycles. The van der Waals surface area contributed by atoms with E-state index in [1.54, 1.807) is 24.1 Å². The first kappa shape index (κ1) is 22.9. The SMILES string of the molecule is COCCNC(=O)[C@@H](Cc1ccccc1)N(Cc1ccc(Cl)cc1)C(=O)C(C)C. The van der Waals surface area contributed by atoms with Crippen molar-refractivity contribution in [2.45, 2.75) is 32.9 Å². The number of nitrogens with one attached hydrogen (secondary N) is 1. The molecule has 0 saturated heterocycles. The van der Waals surface area contributed by atoms with Crippen molar-refractivity contribution < 1.29 is 14.3 Å². The minimum absolute atomic E-state index is 0.0669. The maximum absolute atomic E-state index is 13.1. The average molecular weight is 417 g/mol. The minimum atomic E-state index is -0.625. The van der Waals surface area contributed by atoms with Gasteiger partial charge in [-0.05, 0) is 23.3 Å². The Labute approximate surface area is 178 Å². The summed E-state index contributed by atoms with van der Waals surface area (Å²) in [5, 5.41) is 3.53. The molecule has 6 heteroatoms. The largest absolute Gasteiger partial charge is 0.383 e. The number of halogens is 1. The molecule has 29 heavy (non-hydrogen) atoms. The topological polar surface area (TPSA) is 58.6 Å². The normalized spacial score (nSPS) is 11.9. The highest BCUT2D eigenvalue weighted by atomic mass is 35.5. The summed E-state index contributed by atoms with van der Waals surface area (Å²) in [4.78, 5) is 27.8. The molecule has 0 aliphatic carbocycles. The molecule has 156 valence electrons. The highest BCUT2D eigenvalue weighted by molar-refractivity contribution is 6.30. The number of hydrogen-bond acceptors (Lipinski definition) is 3. The van der Waals surface area contributed by atoms with Crippen LogP contribution in [0.5, 0.6) is 0 Å². The van der Waals surface area contributed by atoms with Gasteiger partial charge in [0.15, 0.2) is 0 Å². The Morgan fingerprint density at radius 2 is 1.69 bits per heavy atom. The zero-order chi connectivity index (χ0) is 21.2. The van der Waals surface area contributed by atoms with Gasteiger partial charge in [0, 0.05) is 37.6 Å². The van der Waals surface area contributed by atoms with Gasteiger partial charge in [0.2, 0.25) is 11.8 Å². The number of amides is 2. The summed E-state index contributed by atoms with van der Waals surface area (Å²) < 4.78 is 5.04. The molecule has 1 N–H and O–H groups in total. The van der Waals surface area contributed by atoms with Crippen LogP contribution in [0.25, 0.3) is 0 Å². The third-order valence-electron chi connectivity index (χ3n) is 4.60. The molecule has 0 aromatic heterocycles. The molecule has 2 rings (SSSR count). The lowest BCUT2D eigenvalue weighted by atomic mass is 10.0. The predicted octanol–water partition coefficient (Wildman–Crippen LogP) is 3.70. The molecule has 1 atom stereocenters. The molecule has 0 aliphatic heterocycles. The van der Waals surface area contributed by atoms with Crippen LogP contribution in [0, 0.1) is 5.92 Å². The van der Waals surface area contributed by atoms with Crippen molar-refractivity contribution >= 4 is 23.4 Å². The number of hydrogen-bond donors (Lipinski definition) is 1. The molecular weight excluding hydrogens is 388 g/mol. The smallest absolute Gasteiger partial charge is 0.243 e. The van der Waals surface area contributed by atoms with Crippen LogP contribution < -0.4 is 5.32 Å². The fraction of sp³-hybridized carbons (Fsp3) is 0.391. The van der Waals surface area contributed by atoms with Crippen molar-refractivity contribution in [2.24, 2.45) is 5.92 Å². The van der Waals surface area contributed by atoms with Gasteiger partial charge < -0.3 is 15.0 Å². The van der Waals surface area contributed by atoms with E-state index < -0.39 is 6.04 Å². The molecule has 0 spiro atoms. The van der Waals surface area contributed by atoms with E-state index in [-0.39, 0.29) is 17.7 Å². The molecule has 0 fully saturated rings. The fourth-order valence-electron chi connectivity index (χ4n) is 3.04. The van der Waals surface area contributed by atoms with Crippen LogP contribution in [0.1, 0.15) is 25.0 Å². The lowest BCUT2D eigenvalue weighted by Gasteiger charge is -2.32. The number of benzene rings is 2. The highest BCUT2D eigenvalue weighted by Gasteiger charge is 2.31. The van der Waals surface area contributed by atoms with Crippen LogP contribution in [-0.4, -0.2) is 43.0 Å². The van der Waals surface area contributed by atoms with Gasteiger partial charge in [-0.25, -0.2) is 0 Å². The summed E-state index contributed by atoms with van der Waals surface area (Å²) in [7, 11) is 1.59. The second-order valence-corrected chi connectivity index (χ2v) is 7.67. The third-order valence-corrected chi connectivity index (χ3v) is 4.85. The van der Waals surface area contributed by atoms with Gasteiger partial charge in [0.05, 0.1) is 6.61 Å². The Morgan fingerprint density at radius 1 is 1.03 bits per heavy atom. The van der Waals surface area contributed by atoms with Gasteiger partial charge in [0.1, 0.15) is 6.04 Å². The summed E-state index contributed by atoms with van der Waals surface area (Å²) in [6, 6.07) is 16.5. The number of nitrogens with zero attached hydrogens (tertiary/aromatic N) is 1. The second kappa shape index (κ2) is 11.6. The van der Waals surface area contributed by atoms with Crippen LogP contribution in [0.4, 0.5) is 0 Å². The first-order valence-electron chi connectivity index (χ1n) is 9.78. The van der Waals surface area contributed by atoms with Crippen molar-refractivity contribution in [1.82, 2.24) is 10.2 Å². The Hall–Kier alpha value is -2.37. The summed E-state index contributed by atoms with van der Waals surface area (Å²) >= 11 is 6.00. The summed E-state index contributed by atoms with van der Waals surface area (Å²) in [5.41, 5.74) is 1.92. The van der Waals surface area contributed by atoms with Crippen molar-refractivity contribution in [1.29, 1.82) is 0 Å². The Morgan fingerprint density at radius 3 is 2.28 bits per heavy atom. The average Bonchev–Trinajstić information content (AvgIpc) is 2.72. The van der Waals surface area contributed by atoms with Gasteiger partial charge in [-0.2, -0.15) is 0 Å². The van der Waals surface area contributed by atoms with E-state index in [0.717, 1.165) is 11.1 Å². The van der Waals surface area contributed by atoms with E-state index in [0.29, 0.717) is 31.1 Å². The maximum Gasteiger partial charge on any atom is 0.243 e. The van der Waals surface area contributed by atoms with Crippen molar-refractivity contribution in [3.05, 3.63) is 70.7 Å². The lowest BCUT2D eigenvalue weighted by molar-refractivity contribution is -0.143. The van der Waals surface area contributed by atoms with E-state index in [4.69, 9.17) is 16.3 Å². The number of ether oxygens (including phenoxy) is 1. The van der Waals surface area contributed by atoms with Crippen LogP contribution >= 0.6 is 11.6 Å². The summed E-state index contributed by atoms with van der Waals surface area (Å²) in [6.07, 6.45) is 0.436.